The third-order valence-electron chi connectivity index (χ3n) is 1.69. The second kappa shape index (κ2) is 4.02. The van der Waals surface area contributed by atoms with Gasteiger partial charge >= 0.3 is 0 Å². The Hall–Kier alpha value is -1.39. The highest BCUT2D eigenvalue weighted by atomic mass is 16.2. The molecule has 0 bridgehead atoms. The molecular weight excluding hydrogens is 168 g/mol. The van der Waals surface area contributed by atoms with Crippen LogP contribution in [0.2, 0.25) is 0 Å². The summed E-state index contributed by atoms with van der Waals surface area (Å²) in [6.45, 7) is 4.52. The number of carbonyl (C=O) groups is 1. The molecule has 1 amide bonds. The number of nitrogens with one attached hydrogen (secondary N) is 1. The van der Waals surface area contributed by atoms with Crippen molar-refractivity contribution in [1.29, 1.82) is 0 Å². The van der Waals surface area contributed by atoms with E-state index in [1.54, 1.807) is 18.9 Å². The van der Waals surface area contributed by atoms with Gasteiger partial charge in [0.25, 0.3) is 5.91 Å². The number of hydrogen-bond acceptors (Lipinski definition) is 3. The number of aryl methyl sites for hydroxylation is 1. The Morgan fingerprint density at radius 1 is 1.62 bits per heavy atom. The molecule has 0 aliphatic rings. The lowest BCUT2D eigenvalue weighted by Crippen LogP contribution is -2.28. The van der Waals surface area contributed by atoms with Crippen LogP contribution in [0.3, 0.4) is 0 Å². The lowest BCUT2D eigenvalue weighted by molar-refractivity contribution is 0.0783. The normalized spacial score (nSPS) is 10.1. The maximum atomic E-state index is 11.5. The first kappa shape index (κ1) is 9.70. The monoisotopic (exact) mass is 182 g/mol. The number of aromatic amines is 1. The first-order valence-electron chi connectivity index (χ1n) is 4.29. The van der Waals surface area contributed by atoms with Gasteiger partial charge < -0.3 is 4.90 Å². The highest BCUT2D eigenvalue weighted by Gasteiger charge is 2.14. The fourth-order valence-electron chi connectivity index (χ4n) is 1.05. The molecule has 1 rings (SSSR count). The van der Waals surface area contributed by atoms with E-state index in [0.29, 0.717) is 5.82 Å². The van der Waals surface area contributed by atoms with Crippen LogP contribution in [0, 0.1) is 6.92 Å². The lowest BCUT2D eigenvalue weighted by atomic mass is 10.4. The fourth-order valence-corrected chi connectivity index (χ4v) is 1.05. The van der Waals surface area contributed by atoms with Gasteiger partial charge in [0.2, 0.25) is 5.82 Å². The Morgan fingerprint density at radius 2 is 2.31 bits per heavy atom. The van der Waals surface area contributed by atoms with Gasteiger partial charge in [0.1, 0.15) is 5.82 Å². The molecule has 1 aromatic rings. The first-order chi connectivity index (χ1) is 6.15. The fraction of sp³-hybridized carbons (Fsp3) is 0.625. The number of amides is 1. The topological polar surface area (TPSA) is 61.9 Å². The molecule has 0 radical (unpaired) electrons. The van der Waals surface area contributed by atoms with Crippen molar-refractivity contribution in [2.75, 3.05) is 13.6 Å². The van der Waals surface area contributed by atoms with Crippen molar-refractivity contribution < 1.29 is 4.79 Å². The summed E-state index contributed by atoms with van der Waals surface area (Å²) in [5.41, 5.74) is 0. The highest BCUT2D eigenvalue weighted by Crippen LogP contribution is 1.97. The van der Waals surface area contributed by atoms with E-state index in [1.807, 2.05) is 6.92 Å². The summed E-state index contributed by atoms with van der Waals surface area (Å²) in [4.78, 5) is 17.1. The number of hydrogen-bond donors (Lipinski definition) is 1. The zero-order valence-electron chi connectivity index (χ0n) is 8.16. The first-order valence-corrected chi connectivity index (χ1v) is 4.29. The smallest absolute Gasteiger partial charge is 0.293 e. The Morgan fingerprint density at radius 3 is 2.77 bits per heavy atom. The minimum atomic E-state index is -0.133. The van der Waals surface area contributed by atoms with E-state index in [-0.39, 0.29) is 11.7 Å². The van der Waals surface area contributed by atoms with E-state index in [2.05, 4.69) is 15.2 Å². The zero-order chi connectivity index (χ0) is 9.84. The van der Waals surface area contributed by atoms with Crippen LogP contribution in [0.1, 0.15) is 29.8 Å². The molecule has 0 atom stereocenters. The molecule has 1 heterocycles. The van der Waals surface area contributed by atoms with Gasteiger partial charge in [-0.05, 0) is 13.3 Å². The standard InChI is InChI=1S/C8H14N4O/c1-4-5-12(3)8(13)7-9-6(2)10-11-7/h4-5H2,1-3H3,(H,9,10,11). The van der Waals surface area contributed by atoms with E-state index in [0.717, 1.165) is 13.0 Å². The summed E-state index contributed by atoms with van der Waals surface area (Å²) in [7, 11) is 1.75. The molecule has 0 fully saturated rings. The van der Waals surface area contributed by atoms with Gasteiger partial charge in [0.15, 0.2) is 0 Å². The molecule has 0 aliphatic heterocycles. The minimum Gasteiger partial charge on any atom is -0.339 e. The Balaban J connectivity index is 2.67. The molecule has 72 valence electrons. The molecule has 0 aromatic carbocycles. The largest absolute Gasteiger partial charge is 0.339 e. The third-order valence-corrected chi connectivity index (χ3v) is 1.69. The molecule has 0 aliphatic carbocycles. The molecule has 1 N–H and O–H groups in total. The van der Waals surface area contributed by atoms with E-state index >= 15 is 0 Å². The quantitative estimate of drug-likeness (QED) is 0.744. The highest BCUT2D eigenvalue weighted by molar-refractivity contribution is 5.90. The van der Waals surface area contributed by atoms with Gasteiger partial charge in [0, 0.05) is 13.6 Å². The molecule has 0 saturated heterocycles. The van der Waals surface area contributed by atoms with Gasteiger partial charge in [-0.25, -0.2) is 4.98 Å². The predicted octanol–water partition coefficient (Wildman–Crippen LogP) is 0.595. The second-order valence-corrected chi connectivity index (χ2v) is 2.97. The summed E-state index contributed by atoms with van der Waals surface area (Å²) >= 11 is 0. The van der Waals surface area contributed by atoms with Crippen LogP contribution in [0.5, 0.6) is 0 Å². The van der Waals surface area contributed by atoms with E-state index < -0.39 is 0 Å². The molecule has 1 aromatic heterocycles. The number of aromatic nitrogens is 3. The van der Waals surface area contributed by atoms with Crippen LogP contribution in [0.25, 0.3) is 0 Å². The number of H-pyrrole nitrogens is 1. The molecule has 13 heavy (non-hydrogen) atoms. The third kappa shape index (κ3) is 2.27. The van der Waals surface area contributed by atoms with E-state index in [1.165, 1.54) is 0 Å². The van der Waals surface area contributed by atoms with Crippen molar-refractivity contribution in [1.82, 2.24) is 20.1 Å². The van der Waals surface area contributed by atoms with Crippen molar-refractivity contribution in [2.24, 2.45) is 0 Å². The van der Waals surface area contributed by atoms with Crippen LogP contribution < -0.4 is 0 Å². The van der Waals surface area contributed by atoms with Crippen molar-refractivity contribution in [3.8, 4) is 0 Å². The van der Waals surface area contributed by atoms with Gasteiger partial charge in [-0.1, -0.05) is 6.92 Å². The molecular formula is C8H14N4O. The van der Waals surface area contributed by atoms with Crippen LogP contribution in [-0.2, 0) is 0 Å². The molecule has 5 nitrogen and oxygen atoms in total. The van der Waals surface area contributed by atoms with E-state index in [4.69, 9.17) is 0 Å². The average Bonchev–Trinajstić information content (AvgIpc) is 2.51. The van der Waals surface area contributed by atoms with Crippen molar-refractivity contribution in [2.45, 2.75) is 20.3 Å². The Kier molecular flexibility index (Phi) is 3.00. The summed E-state index contributed by atoms with van der Waals surface area (Å²) in [6.07, 6.45) is 0.936. The second-order valence-electron chi connectivity index (χ2n) is 2.97. The Bertz CT molecular complexity index is 294. The molecule has 5 heteroatoms. The maximum absolute atomic E-state index is 11.5. The van der Waals surface area contributed by atoms with Gasteiger partial charge in [0.05, 0.1) is 0 Å². The SMILES string of the molecule is CCCN(C)C(=O)c1n[nH]c(C)n1. The van der Waals surface area contributed by atoms with E-state index in [9.17, 15) is 4.79 Å². The number of nitrogens with zero attached hydrogens (tertiary/aromatic N) is 3. The predicted molar refractivity (Wildman–Crippen MR) is 48.4 cm³/mol. The maximum Gasteiger partial charge on any atom is 0.293 e. The van der Waals surface area contributed by atoms with Crippen molar-refractivity contribution in [3.05, 3.63) is 11.6 Å². The van der Waals surface area contributed by atoms with Gasteiger partial charge in [-0.3, -0.25) is 9.89 Å². The molecule has 0 spiro atoms. The van der Waals surface area contributed by atoms with Crippen LogP contribution in [0.15, 0.2) is 0 Å². The summed E-state index contributed by atoms with van der Waals surface area (Å²) in [5.74, 6) is 0.771. The van der Waals surface area contributed by atoms with Gasteiger partial charge in [-0.15, -0.1) is 5.10 Å². The molecule has 0 unspecified atom stereocenters. The summed E-state index contributed by atoms with van der Waals surface area (Å²) < 4.78 is 0. The summed E-state index contributed by atoms with van der Waals surface area (Å²) in [5, 5.41) is 6.43. The lowest BCUT2D eigenvalue weighted by Gasteiger charge is -2.12. The van der Waals surface area contributed by atoms with Crippen LogP contribution in [0.4, 0.5) is 0 Å². The summed E-state index contributed by atoms with van der Waals surface area (Å²) in [6, 6.07) is 0. The van der Waals surface area contributed by atoms with Crippen molar-refractivity contribution >= 4 is 5.91 Å². The van der Waals surface area contributed by atoms with Crippen LogP contribution >= 0.6 is 0 Å². The van der Waals surface area contributed by atoms with Crippen LogP contribution in [-0.4, -0.2) is 39.6 Å². The average molecular weight is 182 g/mol. The molecule has 0 saturated carbocycles. The number of rotatable bonds is 3. The van der Waals surface area contributed by atoms with Gasteiger partial charge in [-0.2, -0.15) is 0 Å². The minimum absolute atomic E-state index is 0.133. The Labute approximate surface area is 77.2 Å². The number of carbonyl (C=O) groups excluding carboxylic acids is 1. The van der Waals surface area contributed by atoms with Crippen molar-refractivity contribution in [3.63, 3.8) is 0 Å². The zero-order valence-corrected chi connectivity index (χ0v) is 8.16.